The van der Waals surface area contributed by atoms with Crippen LogP contribution in [0, 0.1) is 5.92 Å². The number of aromatic nitrogens is 1. The first-order valence-corrected chi connectivity index (χ1v) is 13.6. The molecule has 0 aliphatic rings. The summed E-state index contributed by atoms with van der Waals surface area (Å²) >= 11 is 6.29. The molecule has 3 aromatic carbocycles. The topological polar surface area (TPSA) is 92.2 Å². The van der Waals surface area contributed by atoms with E-state index in [2.05, 4.69) is 16.0 Å². The molecule has 0 unspecified atom stereocenters. The Balaban J connectivity index is 1.47. The Morgan fingerprint density at radius 2 is 1.60 bits per heavy atom. The number of aryl methyl sites for hydroxylation is 1. The Morgan fingerprint density at radius 1 is 0.905 bits per heavy atom. The highest BCUT2D eigenvalue weighted by Crippen LogP contribution is 2.30. The van der Waals surface area contributed by atoms with E-state index in [1.54, 1.807) is 74.9 Å². The third-order valence-corrected chi connectivity index (χ3v) is 7.21. The number of rotatable bonds is 8. The lowest BCUT2D eigenvalue weighted by Gasteiger charge is -2.16. The molecular weight excluding hydrogens is 569 g/mol. The van der Waals surface area contributed by atoms with Crippen LogP contribution in [0.15, 0.2) is 66.7 Å². The third-order valence-electron chi connectivity index (χ3n) is 6.89. The summed E-state index contributed by atoms with van der Waals surface area (Å²) in [5.74, 6) is -1.10. The van der Waals surface area contributed by atoms with Gasteiger partial charge in [0.1, 0.15) is 5.69 Å². The van der Waals surface area contributed by atoms with E-state index in [-0.39, 0.29) is 29.0 Å². The molecule has 42 heavy (non-hydrogen) atoms. The molecule has 7 nitrogen and oxygen atoms in total. The van der Waals surface area contributed by atoms with Crippen LogP contribution >= 0.6 is 11.6 Å². The third kappa shape index (κ3) is 6.94. The molecule has 0 bridgehead atoms. The van der Waals surface area contributed by atoms with Gasteiger partial charge in [-0.3, -0.25) is 14.4 Å². The van der Waals surface area contributed by atoms with Gasteiger partial charge in [-0.25, -0.2) is 0 Å². The summed E-state index contributed by atoms with van der Waals surface area (Å²) in [5, 5.41) is 9.41. The number of carbonyl (C=O) groups is 3. The predicted octanol–water partition coefficient (Wildman–Crippen LogP) is 6.87. The fourth-order valence-electron chi connectivity index (χ4n) is 4.41. The average Bonchev–Trinajstić information content (AvgIpc) is 3.27. The number of hydrogen-bond acceptors (Lipinski definition) is 3. The van der Waals surface area contributed by atoms with Crippen molar-refractivity contribution in [2.75, 3.05) is 5.32 Å². The van der Waals surface area contributed by atoms with Crippen molar-refractivity contribution in [2.45, 2.75) is 39.5 Å². The molecule has 4 rings (SSSR count). The number of nitrogens with zero attached hydrogens (tertiary/aromatic N) is 1. The molecule has 11 heteroatoms. The maximum atomic E-state index is 13.1. The molecule has 0 spiro atoms. The highest BCUT2D eigenvalue weighted by molar-refractivity contribution is 6.34. The van der Waals surface area contributed by atoms with Gasteiger partial charge in [0.2, 0.25) is 5.91 Å². The van der Waals surface area contributed by atoms with Crippen molar-refractivity contribution < 1.29 is 27.6 Å². The lowest BCUT2D eigenvalue weighted by Crippen LogP contribution is -2.28. The van der Waals surface area contributed by atoms with Crippen molar-refractivity contribution in [1.82, 2.24) is 15.2 Å². The summed E-state index contributed by atoms with van der Waals surface area (Å²) in [5.41, 5.74) is 2.30. The van der Waals surface area contributed by atoms with Crippen LogP contribution in [-0.4, -0.2) is 22.3 Å². The van der Waals surface area contributed by atoms with Crippen molar-refractivity contribution in [1.29, 1.82) is 0 Å². The van der Waals surface area contributed by atoms with Crippen LogP contribution in [0.4, 0.5) is 18.9 Å². The van der Waals surface area contributed by atoms with E-state index in [0.29, 0.717) is 22.3 Å². The largest absolute Gasteiger partial charge is 0.416 e. The van der Waals surface area contributed by atoms with Gasteiger partial charge in [0.05, 0.1) is 22.2 Å². The summed E-state index contributed by atoms with van der Waals surface area (Å²) in [6, 6.07) is 15.9. The molecule has 0 saturated heterocycles. The number of benzene rings is 3. The van der Waals surface area contributed by atoms with E-state index in [1.165, 1.54) is 12.1 Å². The molecule has 4 aromatic rings. The highest BCUT2D eigenvalue weighted by atomic mass is 35.5. The summed E-state index contributed by atoms with van der Waals surface area (Å²) in [7, 11) is 1.72. The van der Waals surface area contributed by atoms with Gasteiger partial charge in [-0.15, -0.1) is 0 Å². The second-order valence-electron chi connectivity index (χ2n) is 10.3. The molecule has 3 N–H and O–H groups in total. The van der Waals surface area contributed by atoms with E-state index < -0.39 is 29.6 Å². The molecule has 0 saturated carbocycles. The van der Waals surface area contributed by atoms with Crippen LogP contribution in [-0.2, 0) is 24.6 Å². The van der Waals surface area contributed by atoms with Crippen LogP contribution in [0.2, 0.25) is 5.02 Å². The van der Waals surface area contributed by atoms with Crippen molar-refractivity contribution in [2.24, 2.45) is 13.0 Å². The van der Waals surface area contributed by atoms with E-state index in [1.807, 2.05) is 0 Å². The number of halogens is 4. The molecule has 0 fully saturated rings. The lowest BCUT2D eigenvalue weighted by molar-refractivity contribution is -0.137. The Morgan fingerprint density at radius 3 is 2.24 bits per heavy atom. The molecule has 1 aromatic heterocycles. The monoisotopic (exact) mass is 598 g/mol. The molecule has 0 aliphatic carbocycles. The molecule has 220 valence electrons. The first kappa shape index (κ1) is 30.6. The van der Waals surface area contributed by atoms with Crippen LogP contribution in [0.3, 0.4) is 0 Å². The molecule has 3 amide bonds. The van der Waals surface area contributed by atoms with Gasteiger partial charge in [-0.2, -0.15) is 13.2 Å². The molecule has 0 aliphatic heterocycles. The quantitative estimate of drug-likeness (QED) is 0.207. The first-order valence-electron chi connectivity index (χ1n) is 13.2. The zero-order valence-electron chi connectivity index (χ0n) is 23.4. The molecule has 1 heterocycles. The minimum Gasteiger partial charge on any atom is -0.352 e. The lowest BCUT2D eigenvalue weighted by atomic mass is 10.1. The molecule has 1 atom stereocenters. The van der Waals surface area contributed by atoms with Gasteiger partial charge in [-0.05, 0) is 66.6 Å². The summed E-state index contributed by atoms with van der Waals surface area (Å²) in [6.45, 7) is 5.53. The number of alkyl halides is 3. The maximum Gasteiger partial charge on any atom is 0.416 e. The van der Waals surface area contributed by atoms with Gasteiger partial charge < -0.3 is 20.5 Å². The van der Waals surface area contributed by atoms with E-state index in [4.69, 9.17) is 11.6 Å². The second-order valence-corrected chi connectivity index (χ2v) is 10.7. The fourth-order valence-corrected chi connectivity index (χ4v) is 4.61. The minimum absolute atomic E-state index is 0.103. The van der Waals surface area contributed by atoms with Gasteiger partial charge in [0.25, 0.3) is 11.8 Å². The number of fused-ring (bicyclic) bond motifs is 1. The average molecular weight is 599 g/mol. The summed E-state index contributed by atoms with van der Waals surface area (Å²) in [6.07, 6.45) is -4.44. The van der Waals surface area contributed by atoms with Crippen LogP contribution < -0.4 is 16.0 Å². The van der Waals surface area contributed by atoms with Crippen molar-refractivity contribution in [3.05, 3.63) is 99.7 Å². The van der Waals surface area contributed by atoms with E-state index >= 15 is 0 Å². The minimum atomic E-state index is -4.44. The smallest absolute Gasteiger partial charge is 0.352 e. The zero-order chi connectivity index (χ0) is 30.8. The Hall–Kier alpha value is -4.31. The number of amides is 3. The highest BCUT2D eigenvalue weighted by Gasteiger charge is 2.30. The fraction of sp³-hybridized carbons (Fsp3) is 0.258. The van der Waals surface area contributed by atoms with E-state index in [0.717, 1.165) is 23.2 Å². The van der Waals surface area contributed by atoms with Crippen LogP contribution in [0.25, 0.3) is 10.9 Å². The Bertz CT molecular complexity index is 1650. The van der Waals surface area contributed by atoms with E-state index in [9.17, 15) is 27.6 Å². The first-order chi connectivity index (χ1) is 19.7. The normalized spacial score (nSPS) is 12.3. The molecule has 0 radical (unpaired) electrons. The van der Waals surface area contributed by atoms with Crippen LogP contribution in [0.1, 0.15) is 64.3 Å². The van der Waals surface area contributed by atoms with Gasteiger partial charge >= 0.3 is 6.18 Å². The predicted molar refractivity (Wildman–Crippen MR) is 156 cm³/mol. The number of carbonyl (C=O) groups excluding carboxylic acids is 3. The van der Waals surface area contributed by atoms with Gasteiger partial charge in [0.15, 0.2) is 0 Å². The summed E-state index contributed by atoms with van der Waals surface area (Å²) in [4.78, 5) is 38.0. The Kier molecular flexibility index (Phi) is 8.96. The van der Waals surface area contributed by atoms with Crippen molar-refractivity contribution >= 4 is 45.9 Å². The van der Waals surface area contributed by atoms with Gasteiger partial charge in [0, 0.05) is 36.1 Å². The van der Waals surface area contributed by atoms with Crippen LogP contribution in [0.5, 0.6) is 0 Å². The number of nitrogens with one attached hydrogen (secondary N) is 3. The maximum absolute atomic E-state index is 13.1. The number of hydrogen-bond donors (Lipinski definition) is 3. The SMILES string of the molecule is CC(C)C(=O)NCc1ccc(Cl)c(C(=O)Nc2ccc3c(c2)cc(C(=O)N[C@@H](C)c2ccc(C(F)(F)F)cc2)n3C)c1. The zero-order valence-corrected chi connectivity index (χ0v) is 24.2. The standard InChI is InChI=1S/C31H30ClF3N4O3/c1-17(2)28(40)36-16-19-5-11-25(32)24(13-19)29(41)38-23-10-12-26-21(14-23)15-27(39(26)4)30(42)37-18(3)20-6-8-22(9-7-20)31(33,34)35/h5-15,17-18H,16H2,1-4H3,(H,36,40)(H,37,42)(H,38,41)/t18-/m0/s1. The van der Waals surface area contributed by atoms with Crippen molar-refractivity contribution in [3.8, 4) is 0 Å². The number of anilines is 1. The summed E-state index contributed by atoms with van der Waals surface area (Å²) < 4.78 is 40.3. The Labute approximate surface area is 246 Å². The van der Waals surface area contributed by atoms with Crippen molar-refractivity contribution in [3.63, 3.8) is 0 Å². The second kappa shape index (κ2) is 12.3. The molecular formula is C31H30ClF3N4O3. The van der Waals surface area contributed by atoms with Gasteiger partial charge in [-0.1, -0.05) is 43.6 Å².